The average Bonchev–Trinajstić information content (AvgIpc) is 3.16. The number of aryl methyl sites for hydroxylation is 2. The molecule has 1 atom stereocenters. The number of hydrogen-bond donors (Lipinski definition) is 0. The first kappa shape index (κ1) is 13.3. The Labute approximate surface area is 129 Å². The van der Waals surface area contributed by atoms with Crippen molar-refractivity contribution in [2.24, 2.45) is 0 Å². The highest BCUT2D eigenvalue weighted by molar-refractivity contribution is 5.94. The van der Waals surface area contributed by atoms with Crippen LogP contribution in [0.5, 0.6) is 0 Å². The highest BCUT2D eigenvalue weighted by Gasteiger charge is 2.28. The Morgan fingerprint density at radius 3 is 2.91 bits per heavy atom. The molecule has 0 N–H and O–H groups in total. The SMILES string of the molecule is Cc1cc(C2CCN(c3nccc4c(C)cccc34)C2)on1. The maximum atomic E-state index is 5.44. The summed E-state index contributed by atoms with van der Waals surface area (Å²) in [5, 5.41) is 6.53. The minimum absolute atomic E-state index is 0.406. The van der Waals surface area contributed by atoms with Gasteiger partial charge in [-0.3, -0.25) is 0 Å². The third-order valence-corrected chi connectivity index (χ3v) is 4.54. The van der Waals surface area contributed by atoms with Gasteiger partial charge in [0.2, 0.25) is 0 Å². The molecule has 0 bridgehead atoms. The van der Waals surface area contributed by atoms with E-state index in [1.54, 1.807) is 0 Å². The molecule has 112 valence electrons. The maximum absolute atomic E-state index is 5.44. The molecular weight excluding hydrogens is 274 g/mol. The smallest absolute Gasteiger partial charge is 0.141 e. The summed E-state index contributed by atoms with van der Waals surface area (Å²) in [5.41, 5.74) is 2.25. The fourth-order valence-corrected chi connectivity index (χ4v) is 3.36. The lowest BCUT2D eigenvalue weighted by Crippen LogP contribution is -2.20. The first-order chi connectivity index (χ1) is 10.7. The van der Waals surface area contributed by atoms with E-state index in [0.717, 1.165) is 36.8 Å². The normalized spacial score (nSPS) is 18.3. The lowest BCUT2D eigenvalue weighted by molar-refractivity contribution is 0.362. The van der Waals surface area contributed by atoms with E-state index in [4.69, 9.17) is 4.52 Å². The fourth-order valence-electron chi connectivity index (χ4n) is 3.36. The molecule has 4 heteroatoms. The van der Waals surface area contributed by atoms with E-state index in [-0.39, 0.29) is 0 Å². The molecule has 1 unspecified atom stereocenters. The second kappa shape index (κ2) is 5.13. The molecule has 0 saturated carbocycles. The van der Waals surface area contributed by atoms with Crippen LogP contribution in [-0.2, 0) is 0 Å². The second-order valence-corrected chi connectivity index (χ2v) is 6.11. The zero-order chi connectivity index (χ0) is 15.1. The largest absolute Gasteiger partial charge is 0.361 e. The molecule has 0 aliphatic carbocycles. The van der Waals surface area contributed by atoms with Gasteiger partial charge in [-0.05, 0) is 37.3 Å². The highest BCUT2D eigenvalue weighted by atomic mass is 16.5. The van der Waals surface area contributed by atoms with Crippen LogP contribution in [-0.4, -0.2) is 23.2 Å². The first-order valence-electron chi connectivity index (χ1n) is 7.75. The Balaban J connectivity index is 1.68. The van der Waals surface area contributed by atoms with Crippen LogP contribution < -0.4 is 4.90 Å². The molecule has 0 spiro atoms. The Kier molecular flexibility index (Phi) is 3.10. The standard InChI is InChI=1S/C18H19N3O/c1-12-4-3-5-16-15(12)6-8-19-18(16)21-9-7-14(11-21)17-10-13(2)20-22-17/h3-6,8,10,14H,7,9,11H2,1-2H3. The van der Waals surface area contributed by atoms with Crippen molar-refractivity contribution < 1.29 is 4.52 Å². The number of aromatic nitrogens is 2. The minimum Gasteiger partial charge on any atom is -0.361 e. The Morgan fingerprint density at radius 2 is 2.09 bits per heavy atom. The van der Waals surface area contributed by atoms with E-state index in [2.05, 4.69) is 52.3 Å². The Bertz CT molecular complexity index is 824. The van der Waals surface area contributed by atoms with Gasteiger partial charge in [0.05, 0.1) is 5.69 Å². The van der Waals surface area contributed by atoms with Crippen LogP contribution in [0.2, 0.25) is 0 Å². The van der Waals surface area contributed by atoms with Crippen molar-refractivity contribution in [2.75, 3.05) is 18.0 Å². The molecule has 4 rings (SSSR count). The second-order valence-electron chi connectivity index (χ2n) is 6.11. The van der Waals surface area contributed by atoms with Gasteiger partial charge in [-0.2, -0.15) is 0 Å². The van der Waals surface area contributed by atoms with E-state index >= 15 is 0 Å². The van der Waals surface area contributed by atoms with Crippen LogP contribution in [0.3, 0.4) is 0 Å². The summed E-state index contributed by atoms with van der Waals surface area (Å²) in [6.07, 6.45) is 3.00. The summed E-state index contributed by atoms with van der Waals surface area (Å²) >= 11 is 0. The number of rotatable bonds is 2. The summed E-state index contributed by atoms with van der Waals surface area (Å²) in [6.45, 7) is 6.06. The molecule has 1 saturated heterocycles. The third kappa shape index (κ3) is 2.15. The Hall–Kier alpha value is -2.36. The van der Waals surface area contributed by atoms with Gasteiger partial charge in [-0.15, -0.1) is 0 Å². The van der Waals surface area contributed by atoms with E-state index in [9.17, 15) is 0 Å². The van der Waals surface area contributed by atoms with Gasteiger partial charge in [0.25, 0.3) is 0 Å². The van der Waals surface area contributed by atoms with Crippen LogP contribution in [0, 0.1) is 13.8 Å². The molecule has 1 aromatic carbocycles. The maximum Gasteiger partial charge on any atom is 0.141 e. The highest BCUT2D eigenvalue weighted by Crippen LogP contribution is 2.34. The number of nitrogens with zero attached hydrogens (tertiary/aromatic N) is 3. The number of pyridine rings is 1. The van der Waals surface area contributed by atoms with Crippen LogP contribution in [0.25, 0.3) is 10.8 Å². The molecule has 3 aromatic rings. The fraction of sp³-hybridized carbons (Fsp3) is 0.333. The van der Waals surface area contributed by atoms with E-state index in [0.29, 0.717) is 5.92 Å². The summed E-state index contributed by atoms with van der Waals surface area (Å²) in [7, 11) is 0. The molecule has 1 aliphatic heterocycles. The van der Waals surface area contributed by atoms with E-state index < -0.39 is 0 Å². The van der Waals surface area contributed by atoms with Crippen molar-refractivity contribution >= 4 is 16.6 Å². The molecule has 1 fully saturated rings. The number of hydrogen-bond acceptors (Lipinski definition) is 4. The van der Waals surface area contributed by atoms with Crippen LogP contribution >= 0.6 is 0 Å². The van der Waals surface area contributed by atoms with Gasteiger partial charge in [0.15, 0.2) is 0 Å². The first-order valence-corrected chi connectivity index (χ1v) is 7.75. The van der Waals surface area contributed by atoms with Crippen molar-refractivity contribution in [2.45, 2.75) is 26.2 Å². The predicted octanol–water partition coefficient (Wildman–Crippen LogP) is 3.83. The van der Waals surface area contributed by atoms with Crippen LogP contribution in [0.1, 0.15) is 29.4 Å². The van der Waals surface area contributed by atoms with E-state index in [1.165, 1.54) is 16.3 Å². The topological polar surface area (TPSA) is 42.2 Å². The minimum atomic E-state index is 0.406. The molecule has 0 amide bonds. The molecule has 22 heavy (non-hydrogen) atoms. The van der Waals surface area contributed by atoms with Crippen LogP contribution in [0.4, 0.5) is 5.82 Å². The monoisotopic (exact) mass is 293 g/mol. The number of anilines is 1. The van der Waals surface area contributed by atoms with Crippen molar-refractivity contribution in [3.63, 3.8) is 0 Å². The lowest BCUT2D eigenvalue weighted by atomic mass is 10.1. The zero-order valence-corrected chi connectivity index (χ0v) is 12.9. The van der Waals surface area contributed by atoms with Gasteiger partial charge in [-0.25, -0.2) is 4.98 Å². The molecule has 0 radical (unpaired) electrons. The summed E-state index contributed by atoms with van der Waals surface area (Å²) < 4.78 is 5.44. The van der Waals surface area contributed by atoms with Gasteiger partial charge in [-0.1, -0.05) is 23.4 Å². The molecule has 2 aromatic heterocycles. The third-order valence-electron chi connectivity index (χ3n) is 4.54. The van der Waals surface area contributed by atoms with Crippen molar-refractivity contribution in [3.05, 3.63) is 53.5 Å². The van der Waals surface area contributed by atoms with Crippen LogP contribution in [0.15, 0.2) is 41.1 Å². The number of fused-ring (bicyclic) bond motifs is 1. The average molecular weight is 293 g/mol. The molecule has 3 heterocycles. The predicted molar refractivity (Wildman–Crippen MR) is 87.3 cm³/mol. The van der Waals surface area contributed by atoms with Crippen molar-refractivity contribution in [3.8, 4) is 0 Å². The van der Waals surface area contributed by atoms with Gasteiger partial charge >= 0.3 is 0 Å². The quantitative estimate of drug-likeness (QED) is 0.720. The lowest BCUT2D eigenvalue weighted by Gasteiger charge is -2.19. The van der Waals surface area contributed by atoms with E-state index in [1.807, 2.05) is 13.1 Å². The molecule has 1 aliphatic rings. The van der Waals surface area contributed by atoms with Gasteiger partial charge < -0.3 is 9.42 Å². The summed E-state index contributed by atoms with van der Waals surface area (Å²) in [5.74, 6) is 2.49. The molecule has 4 nitrogen and oxygen atoms in total. The Morgan fingerprint density at radius 1 is 1.18 bits per heavy atom. The summed E-state index contributed by atoms with van der Waals surface area (Å²) in [6, 6.07) is 10.6. The van der Waals surface area contributed by atoms with Gasteiger partial charge in [0, 0.05) is 36.7 Å². The van der Waals surface area contributed by atoms with Gasteiger partial charge in [0.1, 0.15) is 11.6 Å². The van der Waals surface area contributed by atoms with Crippen molar-refractivity contribution in [1.82, 2.24) is 10.1 Å². The number of benzene rings is 1. The summed E-state index contributed by atoms with van der Waals surface area (Å²) in [4.78, 5) is 7.01. The zero-order valence-electron chi connectivity index (χ0n) is 12.9. The van der Waals surface area contributed by atoms with Crippen molar-refractivity contribution in [1.29, 1.82) is 0 Å². The molecular formula is C18H19N3O.